The van der Waals surface area contributed by atoms with Crippen molar-refractivity contribution in [3.63, 3.8) is 0 Å². The molecule has 1 N–H and O–H groups in total. The Kier molecular flexibility index (Phi) is 6.07. The van der Waals surface area contributed by atoms with Crippen molar-refractivity contribution >= 4 is 45.2 Å². The van der Waals surface area contributed by atoms with Crippen LogP contribution < -0.4 is 14.8 Å². The van der Waals surface area contributed by atoms with Crippen LogP contribution in [-0.4, -0.2) is 20.1 Å². The minimum Gasteiger partial charge on any atom is -0.497 e. The number of methoxy groups -OCH3 is 2. The molecule has 2 aromatic carbocycles. The van der Waals surface area contributed by atoms with Crippen molar-refractivity contribution in [2.24, 2.45) is 0 Å². The molecule has 0 aliphatic heterocycles. The topological polar surface area (TPSA) is 47.6 Å². The van der Waals surface area contributed by atoms with Crippen molar-refractivity contribution in [1.29, 1.82) is 0 Å². The summed E-state index contributed by atoms with van der Waals surface area (Å²) in [6.07, 6.45) is 3.10. The molecular weight excluding hydrogens is 382 g/mol. The minimum atomic E-state index is -0.281. The van der Waals surface area contributed by atoms with Gasteiger partial charge in [-0.05, 0) is 42.0 Å². The third kappa shape index (κ3) is 5.01. The van der Waals surface area contributed by atoms with Crippen LogP contribution in [0.15, 0.2) is 46.9 Å². The van der Waals surface area contributed by atoms with Gasteiger partial charge in [0.15, 0.2) is 0 Å². The minimum absolute atomic E-state index is 0.281. The SMILES string of the molecule is COc1cc(/C=C/C(=O)Nc2ccc(Br)cc2Cl)cc(OC)c1. The van der Waals surface area contributed by atoms with Crippen LogP contribution >= 0.6 is 27.5 Å². The number of carbonyl (C=O) groups is 1. The molecule has 0 radical (unpaired) electrons. The zero-order chi connectivity index (χ0) is 16.8. The molecule has 4 nitrogen and oxygen atoms in total. The number of hydrogen-bond donors (Lipinski definition) is 1. The van der Waals surface area contributed by atoms with Gasteiger partial charge in [-0.3, -0.25) is 4.79 Å². The molecule has 0 unspecified atom stereocenters. The van der Waals surface area contributed by atoms with Gasteiger partial charge in [0.25, 0.3) is 0 Å². The Morgan fingerprint density at radius 3 is 2.35 bits per heavy atom. The molecule has 0 spiro atoms. The summed E-state index contributed by atoms with van der Waals surface area (Å²) in [7, 11) is 3.15. The number of ether oxygens (including phenoxy) is 2. The highest BCUT2D eigenvalue weighted by atomic mass is 79.9. The first-order valence-electron chi connectivity index (χ1n) is 6.69. The maximum absolute atomic E-state index is 12.0. The lowest BCUT2D eigenvalue weighted by Gasteiger charge is -2.06. The van der Waals surface area contributed by atoms with Crippen molar-refractivity contribution < 1.29 is 14.3 Å². The monoisotopic (exact) mass is 395 g/mol. The summed E-state index contributed by atoms with van der Waals surface area (Å²) in [5.41, 5.74) is 1.34. The van der Waals surface area contributed by atoms with E-state index in [9.17, 15) is 4.79 Å². The molecular formula is C17H15BrClNO3. The number of hydrogen-bond acceptors (Lipinski definition) is 3. The van der Waals surface area contributed by atoms with Crippen molar-refractivity contribution in [3.8, 4) is 11.5 Å². The van der Waals surface area contributed by atoms with Crippen molar-refractivity contribution in [1.82, 2.24) is 0 Å². The molecule has 0 aliphatic carbocycles. The quantitative estimate of drug-likeness (QED) is 0.741. The number of carbonyl (C=O) groups excluding carboxylic acids is 1. The van der Waals surface area contributed by atoms with E-state index in [1.807, 2.05) is 0 Å². The lowest BCUT2D eigenvalue weighted by molar-refractivity contribution is -0.111. The Hall–Kier alpha value is -1.98. The second kappa shape index (κ2) is 8.04. The van der Waals surface area contributed by atoms with Gasteiger partial charge in [-0.25, -0.2) is 0 Å². The van der Waals surface area contributed by atoms with E-state index in [-0.39, 0.29) is 5.91 Å². The van der Waals surface area contributed by atoms with Crippen molar-refractivity contribution in [2.45, 2.75) is 0 Å². The normalized spacial score (nSPS) is 10.6. The molecule has 2 aromatic rings. The lowest BCUT2D eigenvalue weighted by Crippen LogP contribution is -2.08. The summed E-state index contributed by atoms with van der Waals surface area (Å²) < 4.78 is 11.2. The second-order valence-corrected chi connectivity index (χ2v) is 5.92. The molecule has 0 aliphatic rings. The fourth-order valence-electron chi connectivity index (χ4n) is 1.86. The zero-order valence-corrected chi connectivity index (χ0v) is 14.9. The summed E-state index contributed by atoms with van der Waals surface area (Å²) in [4.78, 5) is 12.0. The Morgan fingerprint density at radius 1 is 1.13 bits per heavy atom. The van der Waals surface area contributed by atoms with E-state index in [2.05, 4.69) is 21.2 Å². The van der Waals surface area contributed by atoms with Gasteiger partial charge in [0, 0.05) is 16.6 Å². The lowest BCUT2D eigenvalue weighted by atomic mass is 10.2. The zero-order valence-electron chi connectivity index (χ0n) is 12.6. The molecule has 0 bridgehead atoms. The van der Waals surface area contributed by atoms with Gasteiger partial charge in [-0.1, -0.05) is 27.5 Å². The first kappa shape index (κ1) is 17.4. The Balaban J connectivity index is 2.11. The van der Waals surface area contributed by atoms with Crippen LogP contribution in [0.4, 0.5) is 5.69 Å². The first-order valence-corrected chi connectivity index (χ1v) is 7.86. The fourth-order valence-corrected chi connectivity index (χ4v) is 2.58. The third-order valence-electron chi connectivity index (χ3n) is 2.99. The van der Waals surface area contributed by atoms with E-state index in [1.54, 1.807) is 56.7 Å². The summed E-state index contributed by atoms with van der Waals surface area (Å²) in [6, 6.07) is 10.6. The molecule has 0 atom stereocenters. The Labute approximate surface area is 148 Å². The van der Waals surface area contributed by atoms with Crippen LogP contribution in [0.1, 0.15) is 5.56 Å². The standard InChI is InChI=1S/C17H15BrClNO3/c1-22-13-7-11(8-14(10-13)23-2)3-6-17(21)20-16-5-4-12(18)9-15(16)19/h3-10H,1-2H3,(H,20,21)/b6-3+. The highest BCUT2D eigenvalue weighted by molar-refractivity contribution is 9.10. The van der Waals surface area contributed by atoms with E-state index in [0.717, 1.165) is 10.0 Å². The number of benzene rings is 2. The molecule has 0 saturated heterocycles. The van der Waals surface area contributed by atoms with Crippen LogP contribution in [0.25, 0.3) is 6.08 Å². The predicted molar refractivity (Wildman–Crippen MR) is 96.4 cm³/mol. The highest BCUT2D eigenvalue weighted by Crippen LogP contribution is 2.26. The Bertz CT molecular complexity index is 724. The van der Waals surface area contributed by atoms with E-state index < -0.39 is 0 Å². The number of halogens is 2. The molecule has 120 valence electrons. The van der Waals surface area contributed by atoms with E-state index in [1.165, 1.54) is 6.08 Å². The summed E-state index contributed by atoms with van der Waals surface area (Å²) in [5.74, 6) is 1.02. The summed E-state index contributed by atoms with van der Waals surface area (Å²) in [5, 5.41) is 3.19. The summed E-state index contributed by atoms with van der Waals surface area (Å²) >= 11 is 9.38. The summed E-state index contributed by atoms with van der Waals surface area (Å²) in [6.45, 7) is 0. The molecule has 0 fully saturated rings. The highest BCUT2D eigenvalue weighted by Gasteiger charge is 2.04. The van der Waals surface area contributed by atoms with Gasteiger partial charge < -0.3 is 14.8 Å². The van der Waals surface area contributed by atoms with Crippen LogP contribution in [0.2, 0.25) is 5.02 Å². The smallest absolute Gasteiger partial charge is 0.248 e. The predicted octanol–water partition coefficient (Wildman–Crippen LogP) is 4.77. The van der Waals surface area contributed by atoms with Gasteiger partial charge in [-0.15, -0.1) is 0 Å². The van der Waals surface area contributed by atoms with Gasteiger partial charge in [0.1, 0.15) is 11.5 Å². The average molecular weight is 397 g/mol. The maximum atomic E-state index is 12.0. The van der Waals surface area contributed by atoms with E-state index in [4.69, 9.17) is 21.1 Å². The van der Waals surface area contributed by atoms with Crippen LogP contribution in [-0.2, 0) is 4.79 Å². The van der Waals surface area contributed by atoms with E-state index in [0.29, 0.717) is 22.2 Å². The molecule has 0 saturated carbocycles. The van der Waals surface area contributed by atoms with Gasteiger partial charge in [-0.2, -0.15) is 0 Å². The van der Waals surface area contributed by atoms with E-state index >= 15 is 0 Å². The maximum Gasteiger partial charge on any atom is 0.248 e. The number of amides is 1. The van der Waals surface area contributed by atoms with Crippen LogP contribution in [0.3, 0.4) is 0 Å². The largest absolute Gasteiger partial charge is 0.497 e. The molecule has 23 heavy (non-hydrogen) atoms. The second-order valence-electron chi connectivity index (χ2n) is 4.59. The van der Waals surface area contributed by atoms with Crippen molar-refractivity contribution in [3.05, 3.63) is 57.5 Å². The van der Waals surface area contributed by atoms with Gasteiger partial charge >= 0.3 is 0 Å². The fraction of sp³-hybridized carbons (Fsp3) is 0.118. The number of rotatable bonds is 5. The van der Waals surface area contributed by atoms with Gasteiger partial charge in [0.05, 0.1) is 24.9 Å². The molecule has 6 heteroatoms. The molecule has 0 aromatic heterocycles. The number of nitrogens with one attached hydrogen (secondary N) is 1. The van der Waals surface area contributed by atoms with Crippen LogP contribution in [0.5, 0.6) is 11.5 Å². The molecule has 2 rings (SSSR count). The molecule has 0 heterocycles. The van der Waals surface area contributed by atoms with Crippen LogP contribution in [0, 0.1) is 0 Å². The third-order valence-corrected chi connectivity index (χ3v) is 3.80. The Morgan fingerprint density at radius 2 is 1.78 bits per heavy atom. The average Bonchev–Trinajstić information content (AvgIpc) is 2.55. The van der Waals surface area contributed by atoms with Gasteiger partial charge in [0.2, 0.25) is 5.91 Å². The number of anilines is 1. The first-order chi connectivity index (χ1) is 11.0. The van der Waals surface area contributed by atoms with Crippen molar-refractivity contribution in [2.75, 3.05) is 19.5 Å². The molecule has 1 amide bonds.